The molecule has 70 valence electrons. The molecule has 0 bridgehead atoms. The molecule has 0 fully saturated rings. The van der Waals surface area contributed by atoms with Gasteiger partial charge in [0.25, 0.3) is 0 Å². The summed E-state index contributed by atoms with van der Waals surface area (Å²) in [6, 6.07) is 0. The van der Waals surface area contributed by atoms with E-state index in [2.05, 4.69) is 32.9 Å². The molecule has 0 aliphatic rings. The van der Waals surface area contributed by atoms with E-state index in [9.17, 15) is 0 Å². The summed E-state index contributed by atoms with van der Waals surface area (Å²) in [5, 5.41) is 0. The van der Waals surface area contributed by atoms with E-state index in [1.807, 2.05) is 0 Å². The van der Waals surface area contributed by atoms with Crippen molar-refractivity contribution >= 4 is 0 Å². The minimum absolute atomic E-state index is 0.737. The van der Waals surface area contributed by atoms with Crippen LogP contribution in [0.1, 0.15) is 33.6 Å². The summed E-state index contributed by atoms with van der Waals surface area (Å²) in [4.78, 5) is 0. The maximum Gasteiger partial charge on any atom is 0.0646 e. The summed E-state index contributed by atoms with van der Waals surface area (Å²) < 4.78 is 4.95. The van der Waals surface area contributed by atoms with Gasteiger partial charge in [0.1, 0.15) is 0 Å². The summed E-state index contributed by atoms with van der Waals surface area (Å²) in [6.07, 6.45) is 6.70. The van der Waals surface area contributed by atoms with Gasteiger partial charge in [0.2, 0.25) is 0 Å². The molecular formula is C11H20O. The van der Waals surface area contributed by atoms with Crippen LogP contribution >= 0.6 is 0 Å². The van der Waals surface area contributed by atoms with Crippen molar-refractivity contribution < 1.29 is 4.74 Å². The Morgan fingerprint density at radius 1 is 1.17 bits per heavy atom. The van der Waals surface area contributed by atoms with Crippen LogP contribution in [0, 0.1) is 0 Å². The highest BCUT2D eigenvalue weighted by Gasteiger charge is 1.87. The van der Waals surface area contributed by atoms with Gasteiger partial charge < -0.3 is 4.74 Å². The van der Waals surface area contributed by atoms with Crippen molar-refractivity contribution in [2.24, 2.45) is 0 Å². The van der Waals surface area contributed by atoms with Crippen LogP contribution in [0.4, 0.5) is 0 Å². The van der Waals surface area contributed by atoms with Crippen molar-refractivity contribution in [1.29, 1.82) is 0 Å². The summed E-state index contributed by atoms with van der Waals surface area (Å²) in [6.45, 7) is 7.15. The third kappa shape index (κ3) is 7.55. The van der Waals surface area contributed by atoms with Gasteiger partial charge in [-0.3, -0.25) is 0 Å². The number of hydrogen-bond donors (Lipinski definition) is 0. The molecule has 0 spiro atoms. The van der Waals surface area contributed by atoms with Crippen molar-refractivity contribution in [1.82, 2.24) is 0 Å². The first-order valence-corrected chi connectivity index (χ1v) is 4.44. The van der Waals surface area contributed by atoms with Crippen LogP contribution in [0.3, 0.4) is 0 Å². The van der Waals surface area contributed by atoms with Gasteiger partial charge in [-0.2, -0.15) is 0 Å². The third-order valence-corrected chi connectivity index (χ3v) is 1.69. The molecule has 0 heterocycles. The molecule has 0 aromatic rings. The van der Waals surface area contributed by atoms with Gasteiger partial charge in [-0.15, -0.1) is 0 Å². The van der Waals surface area contributed by atoms with Crippen LogP contribution in [-0.2, 0) is 4.74 Å². The lowest BCUT2D eigenvalue weighted by molar-refractivity contribution is 0.233. The fourth-order valence-corrected chi connectivity index (χ4v) is 0.916. The Morgan fingerprint density at radius 3 is 2.33 bits per heavy atom. The lowest BCUT2D eigenvalue weighted by Crippen LogP contribution is -1.84. The van der Waals surface area contributed by atoms with Gasteiger partial charge in [0.05, 0.1) is 6.61 Å². The molecule has 1 nitrogen and oxygen atoms in total. The van der Waals surface area contributed by atoms with Crippen LogP contribution in [0.25, 0.3) is 0 Å². The van der Waals surface area contributed by atoms with E-state index in [4.69, 9.17) is 4.74 Å². The molecule has 0 unspecified atom stereocenters. The fraction of sp³-hybridized carbons (Fsp3) is 0.636. The van der Waals surface area contributed by atoms with Crippen LogP contribution in [0.15, 0.2) is 23.3 Å². The molecule has 0 atom stereocenters. The second-order valence-corrected chi connectivity index (χ2v) is 3.33. The minimum Gasteiger partial charge on any atom is -0.381 e. The van der Waals surface area contributed by atoms with Crippen molar-refractivity contribution in [3.05, 3.63) is 23.3 Å². The summed E-state index contributed by atoms with van der Waals surface area (Å²) in [7, 11) is 1.72. The maximum absolute atomic E-state index is 4.95. The predicted molar refractivity (Wildman–Crippen MR) is 54.3 cm³/mol. The smallest absolute Gasteiger partial charge is 0.0646 e. The quantitative estimate of drug-likeness (QED) is 0.572. The zero-order chi connectivity index (χ0) is 9.40. The maximum atomic E-state index is 4.95. The van der Waals surface area contributed by atoms with Gasteiger partial charge in [0.15, 0.2) is 0 Å². The van der Waals surface area contributed by atoms with Crippen molar-refractivity contribution in [3.8, 4) is 0 Å². The molecule has 0 N–H and O–H groups in total. The molecule has 0 aliphatic heterocycles. The van der Waals surface area contributed by atoms with Gasteiger partial charge in [0, 0.05) is 7.11 Å². The molecule has 0 radical (unpaired) electrons. The van der Waals surface area contributed by atoms with Crippen molar-refractivity contribution in [2.75, 3.05) is 13.7 Å². The zero-order valence-corrected chi connectivity index (χ0v) is 8.68. The first-order chi connectivity index (χ1) is 5.66. The molecule has 0 saturated heterocycles. The Bertz CT molecular complexity index is 162. The number of hydrogen-bond acceptors (Lipinski definition) is 1. The molecule has 0 aliphatic carbocycles. The van der Waals surface area contributed by atoms with Crippen molar-refractivity contribution in [3.63, 3.8) is 0 Å². The van der Waals surface area contributed by atoms with Crippen molar-refractivity contribution in [2.45, 2.75) is 33.6 Å². The van der Waals surface area contributed by atoms with Gasteiger partial charge >= 0.3 is 0 Å². The van der Waals surface area contributed by atoms with E-state index in [1.54, 1.807) is 7.11 Å². The molecule has 0 aromatic heterocycles. The molecule has 0 aromatic carbocycles. The Hall–Kier alpha value is -0.560. The topological polar surface area (TPSA) is 9.23 Å². The monoisotopic (exact) mass is 168 g/mol. The SMILES string of the molecule is COCC=C(C)CCC=C(C)C. The number of methoxy groups -OCH3 is 1. The normalized spacial score (nSPS) is 11.5. The van der Waals surface area contributed by atoms with Gasteiger partial charge in [-0.1, -0.05) is 23.3 Å². The van der Waals surface area contributed by atoms with E-state index in [-0.39, 0.29) is 0 Å². The second kappa shape index (κ2) is 7.11. The average molecular weight is 168 g/mol. The lowest BCUT2D eigenvalue weighted by Gasteiger charge is -1.98. The van der Waals surface area contributed by atoms with Gasteiger partial charge in [-0.25, -0.2) is 0 Å². The van der Waals surface area contributed by atoms with E-state index < -0.39 is 0 Å². The van der Waals surface area contributed by atoms with E-state index >= 15 is 0 Å². The molecule has 1 heteroatoms. The summed E-state index contributed by atoms with van der Waals surface area (Å²) in [5.74, 6) is 0. The average Bonchev–Trinajstić information content (AvgIpc) is 2.00. The molecule has 0 amide bonds. The van der Waals surface area contributed by atoms with Crippen LogP contribution in [-0.4, -0.2) is 13.7 Å². The summed E-state index contributed by atoms with van der Waals surface area (Å²) in [5.41, 5.74) is 2.81. The highest BCUT2D eigenvalue weighted by atomic mass is 16.5. The van der Waals surface area contributed by atoms with Crippen LogP contribution < -0.4 is 0 Å². The van der Waals surface area contributed by atoms with E-state index in [0.717, 1.165) is 19.4 Å². The van der Waals surface area contributed by atoms with Gasteiger partial charge in [-0.05, 0) is 33.6 Å². The van der Waals surface area contributed by atoms with Crippen LogP contribution in [0.2, 0.25) is 0 Å². The second-order valence-electron chi connectivity index (χ2n) is 3.33. The number of ether oxygens (including phenoxy) is 1. The zero-order valence-electron chi connectivity index (χ0n) is 8.68. The number of rotatable bonds is 5. The molecule has 0 rings (SSSR count). The molecule has 0 saturated carbocycles. The van der Waals surface area contributed by atoms with Crippen LogP contribution in [0.5, 0.6) is 0 Å². The standard InChI is InChI=1S/C11H20O/c1-10(2)6-5-7-11(3)8-9-12-4/h6,8H,5,7,9H2,1-4H3. The third-order valence-electron chi connectivity index (χ3n) is 1.69. The predicted octanol–water partition coefficient (Wildman–Crippen LogP) is 3.33. The summed E-state index contributed by atoms with van der Waals surface area (Å²) >= 11 is 0. The Balaban J connectivity index is 3.56. The number of allylic oxidation sites excluding steroid dienone is 3. The first-order valence-electron chi connectivity index (χ1n) is 4.44. The first kappa shape index (κ1) is 11.4. The molecule has 12 heavy (non-hydrogen) atoms. The minimum atomic E-state index is 0.737. The highest BCUT2D eigenvalue weighted by Crippen LogP contribution is 2.05. The fourth-order valence-electron chi connectivity index (χ4n) is 0.916. The van der Waals surface area contributed by atoms with E-state index in [0.29, 0.717) is 0 Å². The van der Waals surface area contributed by atoms with E-state index in [1.165, 1.54) is 11.1 Å². The molecular weight excluding hydrogens is 148 g/mol. The largest absolute Gasteiger partial charge is 0.381 e. The Morgan fingerprint density at radius 2 is 1.83 bits per heavy atom. The Kier molecular flexibility index (Phi) is 6.78. The lowest BCUT2D eigenvalue weighted by atomic mass is 10.1. The Labute approximate surface area is 76.1 Å². The highest BCUT2D eigenvalue weighted by molar-refractivity contribution is 5.02.